The number of hydrogen-bond donors (Lipinski definition) is 0. The van der Waals surface area contributed by atoms with Gasteiger partial charge in [0, 0.05) is 6.42 Å². The lowest BCUT2D eigenvalue weighted by atomic mass is 9.60. The summed E-state index contributed by atoms with van der Waals surface area (Å²) >= 11 is 0. The number of carbonyl (C=O) groups is 1. The minimum absolute atomic E-state index is 0.399. The summed E-state index contributed by atoms with van der Waals surface area (Å²) in [6, 6.07) is 0. The minimum atomic E-state index is 0.399. The second kappa shape index (κ2) is 4.89. The quantitative estimate of drug-likeness (QED) is 0.688. The van der Waals surface area contributed by atoms with Crippen molar-refractivity contribution in [2.45, 2.75) is 59.3 Å². The van der Waals surface area contributed by atoms with E-state index in [2.05, 4.69) is 13.8 Å². The van der Waals surface area contributed by atoms with E-state index in [0.717, 1.165) is 30.1 Å². The third-order valence-corrected chi connectivity index (χ3v) is 4.88. The predicted molar refractivity (Wildman–Crippen MR) is 67.2 cm³/mol. The number of carbonyl (C=O) groups excluding carboxylic acids is 1. The topological polar surface area (TPSA) is 17.1 Å². The molecule has 0 saturated heterocycles. The second-order valence-corrected chi connectivity index (χ2v) is 6.58. The first kappa shape index (κ1) is 12.1. The summed E-state index contributed by atoms with van der Waals surface area (Å²) in [7, 11) is 0. The van der Waals surface area contributed by atoms with E-state index in [1.165, 1.54) is 32.1 Å². The third-order valence-electron chi connectivity index (χ3n) is 4.88. The minimum Gasteiger partial charge on any atom is -0.300 e. The molecule has 5 unspecified atom stereocenters. The van der Waals surface area contributed by atoms with Gasteiger partial charge in [0.05, 0.1) is 0 Å². The van der Waals surface area contributed by atoms with Crippen molar-refractivity contribution in [3.63, 3.8) is 0 Å². The summed E-state index contributed by atoms with van der Waals surface area (Å²) in [6.07, 6.45) is 7.79. The molecule has 16 heavy (non-hydrogen) atoms. The fraction of sp³-hybridized carbons (Fsp3) is 0.933. The molecule has 2 aliphatic rings. The Morgan fingerprint density at radius 2 is 1.81 bits per heavy atom. The maximum Gasteiger partial charge on any atom is 0.130 e. The van der Waals surface area contributed by atoms with E-state index < -0.39 is 0 Å². The predicted octanol–water partition coefficient (Wildman–Crippen LogP) is 4.06. The highest BCUT2D eigenvalue weighted by atomic mass is 16.1. The van der Waals surface area contributed by atoms with Gasteiger partial charge in [-0.3, -0.25) is 0 Å². The number of Topliss-reactive ketones (excluding diaryl/α,β-unsaturated/α-hetero) is 1. The zero-order valence-corrected chi connectivity index (χ0v) is 11.0. The van der Waals surface area contributed by atoms with Gasteiger partial charge in [0.25, 0.3) is 0 Å². The second-order valence-electron chi connectivity index (χ2n) is 6.58. The van der Waals surface area contributed by atoms with E-state index in [4.69, 9.17) is 0 Å². The van der Waals surface area contributed by atoms with Gasteiger partial charge >= 0.3 is 0 Å². The van der Waals surface area contributed by atoms with Gasteiger partial charge in [-0.1, -0.05) is 20.3 Å². The highest BCUT2D eigenvalue weighted by Gasteiger charge is 2.39. The van der Waals surface area contributed by atoms with Crippen LogP contribution < -0.4 is 0 Å². The molecule has 92 valence electrons. The number of ketones is 1. The Kier molecular flexibility index (Phi) is 3.71. The van der Waals surface area contributed by atoms with Crippen LogP contribution >= 0.6 is 0 Å². The Labute approximate surface area is 100.0 Å². The monoisotopic (exact) mass is 222 g/mol. The Balaban J connectivity index is 2.05. The van der Waals surface area contributed by atoms with Crippen LogP contribution in [0.4, 0.5) is 0 Å². The van der Waals surface area contributed by atoms with Crippen molar-refractivity contribution >= 4 is 5.78 Å². The fourth-order valence-electron chi connectivity index (χ4n) is 4.27. The van der Waals surface area contributed by atoms with Crippen molar-refractivity contribution in [1.82, 2.24) is 0 Å². The van der Waals surface area contributed by atoms with Crippen LogP contribution in [0.25, 0.3) is 0 Å². The molecule has 0 amide bonds. The molecule has 0 aromatic carbocycles. The third kappa shape index (κ3) is 2.67. The van der Waals surface area contributed by atoms with Crippen molar-refractivity contribution in [3.8, 4) is 0 Å². The van der Waals surface area contributed by atoms with E-state index in [1.54, 1.807) is 6.92 Å². The van der Waals surface area contributed by atoms with E-state index in [1.807, 2.05) is 0 Å². The van der Waals surface area contributed by atoms with Crippen LogP contribution in [0, 0.1) is 29.6 Å². The maximum atomic E-state index is 11.4. The molecule has 0 aliphatic heterocycles. The summed E-state index contributed by atoms with van der Waals surface area (Å²) in [5, 5.41) is 0. The molecule has 0 aromatic heterocycles. The van der Waals surface area contributed by atoms with Crippen LogP contribution in [-0.2, 0) is 4.79 Å². The Hall–Kier alpha value is -0.330. The summed E-state index contributed by atoms with van der Waals surface area (Å²) in [4.78, 5) is 11.4. The lowest BCUT2D eigenvalue weighted by molar-refractivity contribution is -0.119. The molecule has 0 radical (unpaired) electrons. The zero-order valence-electron chi connectivity index (χ0n) is 11.0. The molecule has 1 heteroatoms. The van der Waals surface area contributed by atoms with E-state index in [0.29, 0.717) is 11.7 Å². The average Bonchev–Trinajstić information content (AvgIpc) is 2.18. The van der Waals surface area contributed by atoms with Crippen molar-refractivity contribution in [1.29, 1.82) is 0 Å². The SMILES string of the molecule is CC(=O)CC1CC(C)CC2CCC(C)CC21. The van der Waals surface area contributed by atoms with Gasteiger partial charge in [0.15, 0.2) is 0 Å². The molecule has 0 bridgehead atoms. The van der Waals surface area contributed by atoms with E-state index in [-0.39, 0.29) is 0 Å². The van der Waals surface area contributed by atoms with Gasteiger partial charge in [0.2, 0.25) is 0 Å². The molecular formula is C15H26O. The lowest BCUT2D eigenvalue weighted by Crippen LogP contribution is -2.37. The van der Waals surface area contributed by atoms with Crippen LogP contribution in [0.1, 0.15) is 59.3 Å². The smallest absolute Gasteiger partial charge is 0.130 e. The van der Waals surface area contributed by atoms with Gasteiger partial charge < -0.3 is 4.79 Å². The summed E-state index contributed by atoms with van der Waals surface area (Å²) in [5.74, 6) is 4.64. The Morgan fingerprint density at radius 1 is 1.06 bits per heavy atom. The molecule has 5 atom stereocenters. The first-order chi connectivity index (χ1) is 7.56. The average molecular weight is 222 g/mol. The Morgan fingerprint density at radius 3 is 2.50 bits per heavy atom. The van der Waals surface area contributed by atoms with E-state index in [9.17, 15) is 4.79 Å². The molecule has 1 nitrogen and oxygen atoms in total. The van der Waals surface area contributed by atoms with Crippen molar-refractivity contribution in [2.75, 3.05) is 0 Å². The normalized spacial score (nSPS) is 43.8. The Bertz CT molecular complexity index is 258. The molecule has 2 saturated carbocycles. The van der Waals surface area contributed by atoms with Crippen LogP contribution in [0.15, 0.2) is 0 Å². The number of hydrogen-bond acceptors (Lipinski definition) is 1. The molecule has 2 fully saturated rings. The molecule has 0 spiro atoms. The van der Waals surface area contributed by atoms with Gasteiger partial charge in [-0.2, -0.15) is 0 Å². The van der Waals surface area contributed by atoms with Crippen LogP contribution in [0.2, 0.25) is 0 Å². The first-order valence-corrected chi connectivity index (χ1v) is 7.05. The molecular weight excluding hydrogens is 196 g/mol. The first-order valence-electron chi connectivity index (χ1n) is 7.05. The van der Waals surface area contributed by atoms with Gasteiger partial charge in [-0.25, -0.2) is 0 Å². The molecule has 2 aliphatic carbocycles. The standard InChI is InChI=1S/C15H26O/c1-10-4-5-13-6-11(2)7-14(9-12(3)16)15(13)8-10/h10-11,13-15H,4-9H2,1-3H3. The van der Waals surface area contributed by atoms with Gasteiger partial charge in [-0.05, 0) is 62.2 Å². The highest BCUT2D eigenvalue weighted by molar-refractivity contribution is 5.75. The molecule has 0 aromatic rings. The van der Waals surface area contributed by atoms with Gasteiger partial charge in [0.1, 0.15) is 5.78 Å². The lowest BCUT2D eigenvalue weighted by Gasteiger charge is -2.45. The van der Waals surface area contributed by atoms with E-state index >= 15 is 0 Å². The number of fused-ring (bicyclic) bond motifs is 1. The van der Waals surface area contributed by atoms with Crippen LogP contribution in [-0.4, -0.2) is 5.78 Å². The van der Waals surface area contributed by atoms with Crippen molar-refractivity contribution in [3.05, 3.63) is 0 Å². The zero-order chi connectivity index (χ0) is 11.7. The maximum absolute atomic E-state index is 11.4. The number of rotatable bonds is 2. The summed E-state index contributed by atoms with van der Waals surface area (Å²) < 4.78 is 0. The largest absolute Gasteiger partial charge is 0.300 e. The fourth-order valence-corrected chi connectivity index (χ4v) is 4.27. The molecule has 2 rings (SSSR count). The van der Waals surface area contributed by atoms with Crippen LogP contribution in [0.3, 0.4) is 0 Å². The van der Waals surface area contributed by atoms with Crippen molar-refractivity contribution < 1.29 is 4.79 Å². The molecule has 0 N–H and O–H groups in total. The summed E-state index contributed by atoms with van der Waals surface area (Å²) in [5.41, 5.74) is 0. The van der Waals surface area contributed by atoms with Crippen molar-refractivity contribution in [2.24, 2.45) is 29.6 Å². The van der Waals surface area contributed by atoms with Crippen LogP contribution in [0.5, 0.6) is 0 Å². The van der Waals surface area contributed by atoms with Gasteiger partial charge in [-0.15, -0.1) is 0 Å². The summed E-state index contributed by atoms with van der Waals surface area (Å²) in [6.45, 7) is 6.53. The highest BCUT2D eigenvalue weighted by Crippen LogP contribution is 2.48. The molecule has 0 heterocycles.